The van der Waals surface area contributed by atoms with Gasteiger partial charge in [-0.2, -0.15) is 0 Å². The van der Waals surface area contributed by atoms with Gasteiger partial charge in [-0.25, -0.2) is 0 Å². The van der Waals surface area contributed by atoms with Crippen LogP contribution in [0.4, 0.5) is 0 Å². The summed E-state index contributed by atoms with van der Waals surface area (Å²) >= 11 is 0. The fourth-order valence-corrected chi connectivity index (χ4v) is 7.04. The van der Waals surface area contributed by atoms with Crippen LogP contribution in [-0.2, 0) is 22.4 Å². The number of hydrogen-bond donors (Lipinski definition) is 0. The summed E-state index contributed by atoms with van der Waals surface area (Å²) < 4.78 is 0. The first-order chi connectivity index (χ1) is 17.4. The van der Waals surface area contributed by atoms with Crippen molar-refractivity contribution in [2.24, 2.45) is 0 Å². The molecule has 1 radical (unpaired) electrons. The van der Waals surface area contributed by atoms with Gasteiger partial charge in [0.2, 0.25) is 0 Å². The van der Waals surface area contributed by atoms with Crippen LogP contribution in [0.1, 0.15) is 11.1 Å². The van der Waals surface area contributed by atoms with Crippen LogP contribution >= 0.6 is 7.92 Å². The van der Waals surface area contributed by atoms with Crippen molar-refractivity contribution in [3.05, 3.63) is 151 Å². The molecule has 0 atom stereocenters. The van der Waals surface area contributed by atoms with E-state index in [1.165, 1.54) is 37.5 Å². The van der Waals surface area contributed by atoms with Crippen LogP contribution in [0.2, 0.25) is 0 Å². The maximum atomic E-state index is 3.61. The molecule has 0 fully saturated rings. The van der Waals surface area contributed by atoms with Crippen molar-refractivity contribution in [1.82, 2.24) is 0 Å². The van der Waals surface area contributed by atoms with Crippen molar-refractivity contribution in [1.29, 1.82) is 0 Å². The summed E-state index contributed by atoms with van der Waals surface area (Å²) in [7, 11) is -0.719. The Kier molecular flexibility index (Phi) is 7.48. The second kappa shape index (κ2) is 11.1. The van der Waals surface area contributed by atoms with Crippen LogP contribution in [0, 0.1) is 11.8 Å². The monoisotopic (exact) mass is 659 g/mol. The Morgan fingerprint density at radius 2 is 0.917 bits per heavy atom. The largest absolute Gasteiger partial charge is 0.0622 e. The molecule has 0 N–H and O–H groups in total. The molecule has 0 aliphatic carbocycles. The minimum Gasteiger partial charge on any atom is -0.0622 e. The second-order valence-electron chi connectivity index (χ2n) is 8.47. The fraction of sp³-hybridized carbons (Fsp3) is 0. The molecule has 6 rings (SSSR count). The Balaban J connectivity index is 0.00000267. The summed E-state index contributed by atoms with van der Waals surface area (Å²) in [6.07, 6.45) is 0. The molecule has 2 heteroatoms. The third kappa shape index (κ3) is 4.81. The predicted molar refractivity (Wildman–Crippen MR) is 153 cm³/mol. The molecule has 36 heavy (non-hydrogen) atoms. The number of benzene rings is 6. The summed E-state index contributed by atoms with van der Waals surface area (Å²) in [6.45, 7) is 0. The van der Waals surface area contributed by atoms with Gasteiger partial charge in [-0.3, -0.25) is 0 Å². The molecule has 6 aromatic rings. The molecule has 0 aliphatic heterocycles. The van der Waals surface area contributed by atoms with Crippen LogP contribution in [0.25, 0.3) is 21.5 Å². The summed E-state index contributed by atoms with van der Waals surface area (Å²) in [5.41, 5.74) is 2.18. The van der Waals surface area contributed by atoms with Gasteiger partial charge in [-0.1, -0.05) is 139 Å². The smallest absolute Gasteiger partial charge is 0.0405 e. The van der Waals surface area contributed by atoms with Gasteiger partial charge in [0.1, 0.15) is 0 Å². The number of fused-ring (bicyclic) bond motifs is 2. The van der Waals surface area contributed by atoms with Gasteiger partial charge in [-0.15, -0.1) is 0 Å². The van der Waals surface area contributed by atoms with Crippen LogP contribution in [0.3, 0.4) is 0 Å². The van der Waals surface area contributed by atoms with E-state index in [2.05, 4.69) is 151 Å². The van der Waals surface area contributed by atoms with E-state index in [4.69, 9.17) is 0 Å². The van der Waals surface area contributed by atoms with Crippen molar-refractivity contribution < 1.29 is 22.4 Å². The first-order valence-electron chi connectivity index (χ1n) is 11.8. The van der Waals surface area contributed by atoms with E-state index < -0.39 is 7.92 Å². The molecule has 0 amide bonds. The Hall–Kier alpha value is -3.43. The van der Waals surface area contributed by atoms with Crippen molar-refractivity contribution in [3.8, 4) is 11.8 Å². The summed E-state index contributed by atoms with van der Waals surface area (Å²) in [6, 6.07) is 49.6. The molecule has 175 valence electrons. The van der Waals surface area contributed by atoms with E-state index in [0.717, 1.165) is 11.1 Å². The predicted octanol–water partition coefficient (Wildman–Crippen LogP) is 7.15. The summed E-state index contributed by atoms with van der Waals surface area (Å²) in [5, 5.41) is 8.79. The Morgan fingerprint density at radius 3 is 1.50 bits per heavy atom. The molecule has 0 nitrogen and oxygen atoms in total. The van der Waals surface area contributed by atoms with E-state index in [1.54, 1.807) is 0 Å². The first kappa shape index (κ1) is 24.3. The van der Waals surface area contributed by atoms with Gasteiger partial charge in [0.15, 0.2) is 0 Å². The molecular formula is C34H23AuP. The zero-order valence-electron chi connectivity index (χ0n) is 19.5. The van der Waals surface area contributed by atoms with E-state index in [9.17, 15) is 0 Å². The fourth-order valence-electron chi connectivity index (χ4n) is 4.63. The number of rotatable bonds is 3. The van der Waals surface area contributed by atoms with E-state index in [0.29, 0.717) is 0 Å². The molecule has 0 spiro atoms. The van der Waals surface area contributed by atoms with Crippen LogP contribution in [0.15, 0.2) is 140 Å². The molecule has 0 aromatic heterocycles. The molecule has 0 unspecified atom stereocenters. The average molecular weight is 659 g/mol. The summed E-state index contributed by atoms with van der Waals surface area (Å²) in [4.78, 5) is 0. The van der Waals surface area contributed by atoms with Crippen LogP contribution in [-0.4, -0.2) is 0 Å². The van der Waals surface area contributed by atoms with Gasteiger partial charge in [0, 0.05) is 38.8 Å². The minimum atomic E-state index is -0.719. The summed E-state index contributed by atoms with van der Waals surface area (Å²) in [5.74, 6) is 7.21. The molecule has 0 bridgehead atoms. The number of hydrogen-bond acceptors (Lipinski definition) is 0. The zero-order chi connectivity index (χ0) is 23.5. The molecule has 0 saturated heterocycles. The van der Waals surface area contributed by atoms with Gasteiger partial charge < -0.3 is 0 Å². The van der Waals surface area contributed by atoms with Crippen LogP contribution < -0.4 is 15.9 Å². The van der Waals surface area contributed by atoms with Crippen molar-refractivity contribution in [2.75, 3.05) is 0 Å². The van der Waals surface area contributed by atoms with Crippen molar-refractivity contribution in [3.63, 3.8) is 0 Å². The average Bonchev–Trinajstić information content (AvgIpc) is 2.93. The zero-order valence-corrected chi connectivity index (χ0v) is 22.6. The minimum absolute atomic E-state index is 0. The first-order valence-corrected chi connectivity index (χ1v) is 13.1. The van der Waals surface area contributed by atoms with Gasteiger partial charge in [0.25, 0.3) is 0 Å². The maximum Gasteiger partial charge on any atom is 0.0405 e. The molecule has 0 aliphatic rings. The van der Waals surface area contributed by atoms with E-state index in [1.807, 2.05) is 0 Å². The maximum absolute atomic E-state index is 3.61. The van der Waals surface area contributed by atoms with Gasteiger partial charge >= 0.3 is 0 Å². The van der Waals surface area contributed by atoms with Crippen molar-refractivity contribution in [2.45, 2.75) is 0 Å². The second-order valence-corrected chi connectivity index (χ2v) is 10.7. The normalized spacial score (nSPS) is 10.6. The standard InChI is InChI=1S/C34H23P.Au/c1-3-16-29(17-4-1)35(30-18-5-2-6-19-30)34-22-12-9-13-26(34)23-24-33-31-20-10-7-14-27(31)25-28-15-8-11-21-32(28)33;/h1-22,25H;. The Bertz CT molecular complexity index is 1600. The molecule has 0 heterocycles. The van der Waals surface area contributed by atoms with E-state index >= 15 is 0 Å². The molecule has 6 aromatic carbocycles. The molecular weight excluding hydrogens is 636 g/mol. The van der Waals surface area contributed by atoms with E-state index in [-0.39, 0.29) is 22.4 Å². The quantitative estimate of drug-likeness (QED) is 0.0820. The Labute approximate surface area is 229 Å². The SMILES string of the molecule is C(#Cc1c2ccccc2cc2ccccc12)c1ccccc1P(c1ccccc1)c1ccccc1.[Au]. The Morgan fingerprint density at radius 1 is 0.444 bits per heavy atom. The van der Waals surface area contributed by atoms with Crippen LogP contribution in [0.5, 0.6) is 0 Å². The third-order valence-corrected chi connectivity index (χ3v) is 8.77. The molecule has 0 saturated carbocycles. The third-order valence-electron chi connectivity index (χ3n) is 6.27. The van der Waals surface area contributed by atoms with Gasteiger partial charge in [0.05, 0.1) is 0 Å². The van der Waals surface area contributed by atoms with Gasteiger partial charge in [-0.05, 0) is 52.2 Å². The van der Waals surface area contributed by atoms with Crippen molar-refractivity contribution >= 4 is 45.4 Å². The topological polar surface area (TPSA) is 0 Å².